The Morgan fingerprint density at radius 3 is 1.96 bits per heavy atom. The molecule has 1 aromatic heterocycles. The second-order valence-corrected chi connectivity index (χ2v) is 6.24. The van der Waals surface area contributed by atoms with E-state index in [9.17, 15) is 0 Å². The Hall–Kier alpha value is -1.22. The van der Waals surface area contributed by atoms with Gasteiger partial charge in [0.05, 0.1) is 26.4 Å². The number of piperidine rings is 1. The van der Waals surface area contributed by atoms with Crippen molar-refractivity contribution >= 4 is 23.5 Å². The molecular weight excluding hydrogens is 322 g/mol. The summed E-state index contributed by atoms with van der Waals surface area (Å²) in [6.07, 6.45) is 1.62. The summed E-state index contributed by atoms with van der Waals surface area (Å²) in [6, 6.07) is 0. The van der Waals surface area contributed by atoms with Crippen LogP contribution in [-0.2, 0) is 14.2 Å². The van der Waals surface area contributed by atoms with Crippen LogP contribution in [0.4, 0.5) is 11.9 Å². The molecule has 3 aliphatic rings. The van der Waals surface area contributed by atoms with Crippen LogP contribution in [0.3, 0.4) is 0 Å². The van der Waals surface area contributed by atoms with Gasteiger partial charge in [-0.05, 0) is 11.6 Å². The average molecular weight is 342 g/mol. The van der Waals surface area contributed by atoms with Gasteiger partial charge < -0.3 is 24.0 Å². The summed E-state index contributed by atoms with van der Waals surface area (Å²) in [5.41, 5.74) is 0. The maximum absolute atomic E-state index is 6.11. The van der Waals surface area contributed by atoms with Crippen LogP contribution < -0.4 is 9.80 Å². The summed E-state index contributed by atoms with van der Waals surface area (Å²) < 4.78 is 16.9. The molecular formula is C14H20ClN5O3. The molecule has 0 amide bonds. The number of ether oxygens (including phenoxy) is 3. The van der Waals surface area contributed by atoms with E-state index in [1.54, 1.807) is 0 Å². The Balaban J connectivity index is 1.49. The van der Waals surface area contributed by atoms with Crippen LogP contribution in [-0.4, -0.2) is 73.3 Å². The summed E-state index contributed by atoms with van der Waals surface area (Å²) >= 11 is 6.11. The van der Waals surface area contributed by atoms with Crippen molar-refractivity contribution in [2.75, 3.05) is 62.4 Å². The van der Waals surface area contributed by atoms with Gasteiger partial charge in [0.1, 0.15) is 0 Å². The highest BCUT2D eigenvalue weighted by molar-refractivity contribution is 6.28. The molecule has 0 aliphatic carbocycles. The number of hydrogen-bond donors (Lipinski definition) is 0. The minimum atomic E-state index is -0.402. The number of rotatable bonds is 2. The lowest BCUT2D eigenvalue weighted by molar-refractivity contribution is -0.169. The summed E-state index contributed by atoms with van der Waals surface area (Å²) in [7, 11) is 0. The van der Waals surface area contributed by atoms with Crippen LogP contribution in [0.15, 0.2) is 0 Å². The quantitative estimate of drug-likeness (QED) is 0.778. The van der Waals surface area contributed by atoms with E-state index in [4.69, 9.17) is 25.8 Å². The Morgan fingerprint density at radius 1 is 0.783 bits per heavy atom. The Kier molecular flexibility index (Phi) is 4.23. The molecule has 3 fully saturated rings. The van der Waals surface area contributed by atoms with Gasteiger partial charge in [-0.3, -0.25) is 0 Å². The van der Waals surface area contributed by atoms with Crippen molar-refractivity contribution < 1.29 is 14.2 Å². The monoisotopic (exact) mass is 341 g/mol. The minimum Gasteiger partial charge on any atom is -0.378 e. The predicted octanol–water partition coefficient (Wildman–Crippen LogP) is 0.705. The second kappa shape index (κ2) is 6.35. The molecule has 3 aliphatic heterocycles. The van der Waals surface area contributed by atoms with E-state index in [2.05, 4.69) is 24.8 Å². The molecule has 0 atom stereocenters. The van der Waals surface area contributed by atoms with Gasteiger partial charge in [0.2, 0.25) is 17.2 Å². The molecule has 4 heterocycles. The first-order valence-corrected chi connectivity index (χ1v) is 8.39. The SMILES string of the molecule is Clc1nc(N2CCOCC2)nc(N2CCC3(CC2)OCCO3)n1. The highest BCUT2D eigenvalue weighted by Gasteiger charge is 2.40. The first-order chi connectivity index (χ1) is 11.2. The molecule has 8 nitrogen and oxygen atoms in total. The molecule has 0 aromatic carbocycles. The number of aromatic nitrogens is 3. The third-order valence-corrected chi connectivity index (χ3v) is 4.67. The molecule has 0 bridgehead atoms. The summed E-state index contributed by atoms with van der Waals surface area (Å²) in [6.45, 7) is 5.82. The van der Waals surface area contributed by atoms with Crippen molar-refractivity contribution in [2.45, 2.75) is 18.6 Å². The fraction of sp³-hybridized carbons (Fsp3) is 0.786. The van der Waals surface area contributed by atoms with Gasteiger partial charge in [0.15, 0.2) is 5.79 Å². The van der Waals surface area contributed by atoms with Crippen molar-refractivity contribution in [1.82, 2.24) is 15.0 Å². The van der Waals surface area contributed by atoms with E-state index in [1.165, 1.54) is 0 Å². The van der Waals surface area contributed by atoms with E-state index in [-0.39, 0.29) is 5.28 Å². The van der Waals surface area contributed by atoms with Crippen LogP contribution in [0.5, 0.6) is 0 Å². The van der Waals surface area contributed by atoms with Crippen molar-refractivity contribution in [2.24, 2.45) is 0 Å². The van der Waals surface area contributed by atoms with E-state index in [0.29, 0.717) is 38.3 Å². The van der Waals surface area contributed by atoms with E-state index >= 15 is 0 Å². The van der Waals surface area contributed by atoms with Gasteiger partial charge in [-0.15, -0.1) is 0 Å². The highest BCUT2D eigenvalue weighted by Crippen LogP contribution is 2.32. The first kappa shape index (κ1) is 15.3. The molecule has 4 rings (SSSR count). The average Bonchev–Trinajstić information content (AvgIpc) is 3.04. The first-order valence-electron chi connectivity index (χ1n) is 8.01. The zero-order valence-corrected chi connectivity index (χ0v) is 13.7. The van der Waals surface area contributed by atoms with Crippen LogP contribution in [0.1, 0.15) is 12.8 Å². The van der Waals surface area contributed by atoms with Crippen molar-refractivity contribution in [3.8, 4) is 0 Å². The van der Waals surface area contributed by atoms with E-state index in [0.717, 1.165) is 39.0 Å². The number of hydrogen-bond acceptors (Lipinski definition) is 8. The van der Waals surface area contributed by atoms with Gasteiger partial charge in [-0.1, -0.05) is 0 Å². The number of nitrogens with zero attached hydrogens (tertiary/aromatic N) is 5. The van der Waals surface area contributed by atoms with Gasteiger partial charge >= 0.3 is 0 Å². The number of anilines is 2. The largest absolute Gasteiger partial charge is 0.378 e. The fourth-order valence-electron chi connectivity index (χ4n) is 3.21. The lowest BCUT2D eigenvalue weighted by Crippen LogP contribution is -2.46. The highest BCUT2D eigenvalue weighted by atomic mass is 35.5. The fourth-order valence-corrected chi connectivity index (χ4v) is 3.36. The van der Waals surface area contributed by atoms with Crippen LogP contribution in [0.25, 0.3) is 0 Å². The number of halogens is 1. The van der Waals surface area contributed by atoms with Gasteiger partial charge in [-0.25, -0.2) is 0 Å². The van der Waals surface area contributed by atoms with E-state index in [1.807, 2.05) is 0 Å². The lowest BCUT2D eigenvalue weighted by atomic mass is 10.0. The lowest BCUT2D eigenvalue weighted by Gasteiger charge is -2.37. The van der Waals surface area contributed by atoms with Gasteiger partial charge in [0, 0.05) is 39.0 Å². The van der Waals surface area contributed by atoms with Crippen molar-refractivity contribution in [3.05, 3.63) is 5.28 Å². The Bertz CT molecular complexity index is 553. The molecule has 0 radical (unpaired) electrons. The minimum absolute atomic E-state index is 0.227. The van der Waals surface area contributed by atoms with Crippen LogP contribution in [0.2, 0.25) is 5.28 Å². The van der Waals surface area contributed by atoms with Gasteiger partial charge in [0.25, 0.3) is 0 Å². The third kappa shape index (κ3) is 3.21. The zero-order chi connectivity index (χ0) is 15.7. The number of morpholine rings is 1. The van der Waals surface area contributed by atoms with Crippen LogP contribution >= 0.6 is 11.6 Å². The molecule has 23 heavy (non-hydrogen) atoms. The summed E-state index contributed by atoms with van der Waals surface area (Å²) in [5, 5.41) is 0.227. The van der Waals surface area contributed by atoms with E-state index < -0.39 is 5.79 Å². The third-order valence-electron chi connectivity index (χ3n) is 4.50. The Morgan fingerprint density at radius 2 is 1.35 bits per heavy atom. The topological polar surface area (TPSA) is 72.8 Å². The van der Waals surface area contributed by atoms with Crippen molar-refractivity contribution in [3.63, 3.8) is 0 Å². The molecule has 0 saturated carbocycles. The molecule has 0 N–H and O–H groups in total. The van der Waals surface area contributed by atoms with Crippen molar-refractivity contribution in [1.29, 1.82) is 0 Å². The molecule has 1 aromatic rings. The molecule has 9 heteroatoms. The molecule has 3 saturated heterocycles. The molecule has 126 valence electrons. The van der Waals surface area contributed by atoms with Crippen LogP contribution in [0, 0.1) is 0 Å². The maximum Gasteiger partial charge on any atom is 0.231 e. The second-order valence-electron chi connectivity index (χ2n) is 5.90. The Labute approximate surface area is 139 Å². The molecule has 0 unspecified atom stereocenters. The molecule has 1 spiro atoms. The normalized spacial score (nSPS) is 24.4. The smallest absolute Gasteiger partial charge is 0.231 e. The summed E-state index contributed by atoms with van der Waals surface area (Å²) in [4.78, 5) is 17.4. The van der Waals surface area contributed by atoms with Gasteiger partial charge in [-0.2, -0.15) is 15.0 Å². The standard InChI is InChI=1S/C14H20ClN5O3/c15-11-16-12(18-13(17-11)20-5-7-21-8-6-20)19-3-1-14(2-4-19)22-9-10-23-14/h1-10H2. The zero-order valence-electron chi connectivity index (χ0n) is 12.9. The maximum atomic E-state index is 6.11. The predicted molar refractivity (Wildman–Crippen MR) is 84.0 cm³/mol. The summed E-state index contributed by atoms with van der Waals surface area (Å²) in [5.74, 6) is 0.844.